The van der Waals surface area contributed by atoms with Gasteiger partial charge in [0, 0.05) is 30.9 Å². The van der Waals surface area contributed by atoms with E-state index in [-0.39, 0.29) is 11.8 Å². The summed E-state index contributed by atoms with van der Waals surface area (Å²) in [5, 5.41) is 2.86. The summed E-state index contributed by atoms with van der Waals surface area (Å²) in [5.74, 6) is -0.208. The van der Waals surface area contributed by atoms with Gasteiger partial charge < -0.3 is 10.2 Å². The van der Waals surface area contributed by atoms with Crippen molar-refractivity contribution >= 4 is 17.5 Å². The summed E-state index contributed by atoms with van der Waals surface area (Å²) in [5.41, 5.74) is 3.98. The zero-order valence-corrected chi connectivity index (χ0v) is 13.3. The maximum atomic E-state index is 12.3. The van der Waals surface area contributed by atoms with Crippen LogP contribution in [0.15, 0.2) is 42.5 Å². The first-order valence-corrected chi connectivity index (χ1v) is 7.09. The highest BCUT2D eigenvalue weighted by atomic mass is 16.2. The minimum absolute atomic E-state index is 0.0626. The average Bonchev–Trinajstić information content (AvgIpc) is 2.50. The van der Waals surface area contributed by atoms with E-state index in [1.165, 1.54) is 4.90 Å². The molecule has 0 fully saturated rings. The van der Waals surface area contributed by atoms with Gasteiger partial charge in [0.2, 0.25) is 0 Å². The molecule has 2 amide bonds. The average molecular weight is 296 g/mol. The maximum Gasteiger partial charge on any atom is 0.255 e. The molecular formula is C18H20N2O2. The third-order valence-corrected chi connectivity index (χ3v) is 3.65. The molecule has 0 aliphatic rings. The molecule has 4 heteroatoms. The Balaban J connectivity index is 2.16. The van der Waals surface area contributed by atoms with Gasteiger partial charge in [-0.15, -0.1) is 0 Å². The lowest BCUT2D eigenvalue weighted by Crippen LogP contribution is -2.21. The molecule has 0 heterocycles. The molecule has 0 unspecified atom stereocenters. The van der Waals surface area contributed by atoms with Gasteiger partial charge in [-0.2, -0.15) is 0 Å². The monoisotopic (exact) mass is 296 g/mol. The number of rotatable bonds is 3. The molecule has 2 aromatic carbocycles. The summed E-state index contributed by atoms with van der Waals surface area (Å²) in [7, 11) is 3.41. The van der Waals surface area contributed by atoms with Crippen molar-refractivity contribution in [3.63, 3.8) is 0 Å². The van der Waals surface area contributed by atoms with Gasteiger partial charge in [-0.1, -0.05) is 12.1 Å². The van der Waals surface area contributed by atoms with E-state index in [0.717, 1.165) is 11.1 Å². The zero-order valence-electron chi connectivity index (χ0n) is 13.3. The topological polar surface area (TPSA) is 49.4 Å². The fraction of sp³-hybridized carbons (Fsp3) is 0.222. The molecule has 0 atom stereocenters. The third kappa shape index (κ3) is 3.34. The van der Waals surface area contributed by atoms with Crippen LogP contribution in [0.4, 0.5) is 5.69 Å². The van der Waals surface area contributed by atoms with Crippen LogP contribution in [0, 0.1) is 13.8 Å². The first-order valence-electron chi connectivity index (χ1n) is 7.09. The Morgan fingerprint density at radius 1 is 0.955 bits per heavy atom. The van der Waals surface area contributed by atoms with Crippen molar-refractivity contribution in [2.45, 2.75) is 13.8 Å². The highest BCUT2D eigenvalue weighted by Gasteiger charge is 2.11. The fourth-order valence-electron chi connectivity index (χ4n) is 2.15. The predicted octanol–water partition coefficient (Wildman–Crippen LogP) is 3.26. The summed E-state index contributed by atoms with van der Waals surface area (Å²) < 4.78 is 0. The summed E-state index contributed by atoms with van der Waals surface area (Å²) in [6, 6.07) is 12.5. The fourth-order valence-corrected chi connectivity index (χ4v) is 2.15. The first-order chi connectivity index (χ1) is 10.4. The molecule has 0 aromatic heterocycles. The number of hydrogen-bond donors (Lipinski definition) is 1. The van der Waals surface area contributed by atoms with Crippen molar-refractivity contribution in [1.29, 1.82) is 0 Å². The lowest BCUT2D eigenvalue weighted by Gasteiger charge is -2.12. The van der Waals surface area contributed by atoms with Gasteiger partial charge in [-0.3, -0.25) is 9.59 Å². The van der Waals surface area contributed by atoms with E-state index >= 15 is 0 Å². The number of benzene rings is 2. The Hall–Kier alpha value is -2.62. The molecule has 0 saturated heterocycles. The van der Waals surface area contributed by atoms with Crippen LogP contribution in [0.1, 0.15) is 31.8 Å². The van der Waals surface area contributed by atoms with Crippen molar-refractivity contribution in [3.8, 4) is 0 Å². The van der Waals surface area contributed by atoms with Gasteiger partial charge >= 0.3 is 0 Å². The second-order valence-electron chi connectivity index (χ2n) is 5.48. The molecule has 1 N–H and O–H groups in total. The number of hydrogen-bond acceptors (Lipinski definition) is 2. The number of aryl methyl sites for hydroxylation is 1. The normalized spacial score (nSPS) is 10.2. The molecule has 0 aliphatic heterocycles. The third-order valence-electron chi connectivity index (χ3n) is 3.65. The van der Waals surface area contributed by atoms with Gasteiger partial charge in [0.15, 0.2) is 0 Å². The van der Waals surface area contributed by atoms with E-state index in [9.17, 15) is 9.59 Å². The van der Waals surface area contributed by atoms with Gasteiger partial charge in [-0.05, 0) is 55.3 Å². The summed E-state index contributed by atoms with van der Waals surface area (Å²) in [6.07, 6.45) is 0. The Bertz CT molecular complexity index is 704. The minimum Gasteiger partial charge on any atom is -0.345 e. The quantitative estimate of drug-likeness (QED) is 0.945. The predicted molar refractivity (Wildman–Crippen MR) is 88.3 cm³/mol. The van der Waals surface area contributed by atoms with Gasteiger partial charge in [-0.25, -0.2) is 0 Å². The van der Waals surface area contributed by atoms with Crippen LogP contribution in [0.3, 0.4) is 0 Å². The molecule has 0 saturated carbocycles. The molecule has 2 rings (SSSR count). The van der Waals surface area contributed by atoms with Crippen LogP contribution in [-0.4, -0.2) is 30.8 Å². The van der Waals surface area contributed by atoms with Gasteiger partial charge in [0.1, 0.15) is 0 Å². The van der Waals surface area contributed by atoms with Crippen molar-refractivity contribution in [2.75, 3.05) is 19.4 Å². The highest BCUT2D eigenvalue weighted by molar-refractivity contribution is 6.05. The lowest BCUT2D eigenvalue weighted by molar-refractivity contribution is 0.0827. The molecule has 114 valence electrons. The number of carbonyl (C=O) groups excluding carboxylic acids is 2. The van der Waals surface area contributed by atoms with Crippen LogP contribution in [0.5, 0.6) is 0 Å². The highest BCUT2D eigenvalue weighted by Crippen LogP contribution is 2.16. The number of amides is 2. The van der Waals surface area contributed by atoms with E-state index in [1.807, 2.05) is 32.0 Å². The largest absolute Gasteiger partial charge is 0.345 e. The number of anilines is 1. The van der Waals surface area contributed by atoms with E-state index in [4.69, 9.17) is 0 Å². The number of nitrogens with one attached hydrogen (secondary N) is 1. The molecule has 2 aromatic rings. The zero-order chi connectivity index (χ0) is 16.3. The van der Waals surface area contributed by atoms with Crippen molar-refractivity contribution in [2.24, 2.45) is 0 Å². The van der Waals surface area contributed by atoms with E-state index in [1.54, 1.807) is 38.4 Å². The van der Waals surface area contributed by atoms with Crippen LogP contribution >= 0.6 is 0 Å². The van der Waals surface area contributed by atoms with E-state index < -0.39 is 0 Å². The Morgan fingerprint density at radius 2 is 1.59 bits per heavy atom. The Kier molecular flexibility index (Phi) is 4.61. The van der Waals surface area contributed by atoms with Crippen LogP contribution in [0.25, 0.3) is 0 Å². The SMILES string of the molecule is Cc1cccc(C(=O)Nc2ccc(C(=O)N(C)C)cc2)c1C. The number of nitrogens with zero attached hydrogens (tertiary/aromatic N) is 1. The number of carbonyl (C=O) groups is 2. The summed E-state index contributed by atoms with van der Waals surface area (Å²) in [6.45, 7) is 3.91. The molecular weight excluding hydrogens is 276 g/mol. The van der Waals surface area contributed by atoms with Gasteiger partial charge in [0.05, 0.1) is 0 Å². The first kappa shape index (κ1) is 15.8. The molecule has 22 heavy (non-hydrogen) atoms. The molecule has 4 nitrogen and oxygen atoms in total. The van der Waals surface area contributed by atoms with Gasteiger partial charge in [0.25, 0.3) is 11.8 Å². The van der Waals surface area contributed by atoms with E-state index in [0.29, 0.717) is 16.8 Å². The smallest absolute Gasteiger partial charge is 0.255 e. The minimum atomic E-state index is -0.145. The van der Waals surface area contributed by atoms with Crippen molar-refractivity contribution in [3.05, 3.63) is 64.7 Å². The molecule has 0 aliphatic carbocycles. The Morgan fingerprint density at radius 3 is 2.18 bits per heavy atom. The lowest BCUT2D eigenvalue weighted by atomic mass is 10.0. The van der Waals surface area contributed by atoms with Crippen LogP contribution in [-0.2, 0) is 0 Å². The maximum absolute atomic E-state index is 12.3. The molecule has 0 spiro atoms. The van der Waals surface area contributed by atoms with Crippen molar-refractivity contribution < 1.29 is 9.59 Å². The Labute approximate surface area is 130 Å². The standard InChI is InChI=1S/C18H20N2O2/c1-12-6-5-7-16(13(12)2)17(21)19-15-10-8-14(9-11-15)18(22)20(3)4/h5-11H,1-4H3,(H,19,21). The van der Waals surface area contributed by atoms with Crippen LogP contribution in [0.2, 0.25) is 0 Å². The summed E-state index contributed by atoms with van der Waals surface area (Å²) in [4.78, 5) is 25.7. The molecule has 0 radical (unpaired) electrons. The second kappa shape index (κ2) is 6.43. The van der Waals surface area contributed by atoms with E-state index in [2.05, 4.69) is 5.32 Å². The second-order valence-corrected chi connectivity index (χ2v) is 5.48. The summed E-state index contributed by atoms with van der Waals surface area (Å²) >= 11 is 0. The van der Waals surface area contributed by atoms with Crippen LogP contribution < -0.4 is 5.32 Å². The molecule has 0 bridgehead atoms. The van der Waals surface area contributed by atoms with Crippen molar-refractivity contribution in [1.82, 2.24) is 4.90 Å².